The Kier molecular flexibility index (Phi) is 3.18. The van der Waals surface area contributed by atoms with Crippen LogP contribution in [0.3, 0.4) is 0 Å². The van der Waals surface area contributed by atoms with E-state index in [1.54, 1.807) is 0 Å². The van der Waals surface area contributed by atoms with Gasteiger partial charge in [0.15, 0.2) is 0 Å². The van der Waals surface area contributed by atoms with E-state index in [1.165, 1.54) is 5.56 Å². The van der Waals surface area contributed by atoms with Crippen LogP contribution in [0.2, 0.25) is 0 Å². The lowest BCUT2D eigenvalue weighted by Crippen LogP contribution is -2.53. The van der Waals surface area contributed by atoms with Crippen LogP contribution in [-0.2, 0) is 9.53 Å². The molecular formula is C15H19NO2. The van der Waals surface area contributed by atoms with Crippen LogP contribution in [0.5, 0.6) is 0 Å². The van der Waals surface area contributed by atoms with Crippen LogP contribution in [0, 0.1) is 0 Å². The second-order valence-corrected chi connectivity index (χ2v) is 5.30. The second-order valence-electron chi connectivity index (χ2n) is 5.30. The normalized spacial score (nSPS) is 32.7. The van der Waals surface area contributed by atoms with Gasteiger partial charge in [0.25, 0.3) is 0 Å². The number of benzene rings is 1. The lowest BCUT2D eigenvalue weighted by Gasteiger charge is -2.46. The lowest BCUT2D eigenvalue weighted by molar-refractivity contribution is -0.147. The highest BCUT2D eigenvalue weighted by atomic mass is 16.5. The first-order chi connectivity index (χ1) is 8.80. The molecule has 2 saturated heterocycles. The summed E-state index contributed by atoms with van der Waals surface area (Å²) in [5.41, 5.74) is 1.02. The summed E-state index contributed by atoms with van der Waals surface area (Å²) in [7, 11) is 0. The molecule has 0 saturated carbocycles. The van der Waals surface area contributed by atoms with Crippen LogP contribution in [-0.4, -0.2) is 31.1 Å². The molecule has 2 aliphatic heterocycles. The number of Topliss-reactive ketones (excluding diaryl/α,β-unsaturated/α-hetero) is 1. The Bertz CT molecular complexity index is 427. The van der Waals surface area contributed by atoms with E-state index in [0.717, 1.165) is 19.5 Å². The number of piperidine rings is 1. The fraction of sp³-hybridized carbons (Fsp3) is 0.533. The Labute approximate surface area is 108 Å². The average Bonchev–Trinajstić information content (AvgIpc) is 2.40. The van der Waals surface area contributed by atoms with Gasteiger partial charge >= 0.3 is 0 Å². The van der Waals surface area contributed by atoms with Crippen molar-refractivity contribution in [3.8, 4) is 0 Å². The zero-order chi connectivity index (χ0) is 12.4. The van der Waals surface area contributed by atoms with Crippen LogP contribution in [0.25, 0.3) is 0 Å². The van der Waals surface area contributed by atoms with Gasteiger partial charge in [0, 0.05) is 25.3 Å². The van der Waals surface area contributed by atoms with E-state index >= 15 is 0 Å². The molecule has 1 N–H and O–H groups in total. The molecule has 0 aliphatic carbocycles. The number of carbonyl (C=O) groups is 1. The largest absolute Gasteiger partial charge is 0.373 e. The minimum atomic E-state index is -0.262. The molecule has 1 aromatic carbocycles. The molecule has 1 spiro atoms. The molecule has 2 heterocycles. The summed E-state index contributed by atoms with van der Waals surface area (Å²) >= 11 is 0. The Balaban J connectivity index is 1.92. The van der Waals surface area contributed by atoms with Crippen LogP contribution in [0.1, 0.15) is 30.7 Å². The fourth-order valence-electron chi connectivity index (χ4n) is 3.24. The summed E-state index contributed by atoms with van der Waals surface area (Å²) in [6, 6.07) is 10.4. The molecule has 2 aliphatic rings. The standard InChI is InChI=1S/C15H19NO2/c17-13-6-9-18-15(10-13)7-8-16-11-14(15)12-4-2-1-3-5-12/h1-5,14,16H,6-11H2. The number of ether oxygens (including phenoxy) is 1. The Morgan fingerprint density at radius 2 is 2.11 bits per heavy atom. The summed E-state index contributed by atoms with van der Waals surface area (Å²) in [5, 5.41) is 3.43. The predicted octanol–water partition coefficient (Wildman–Crippen LogP) is 1.88. The monoisotopic (exact) mass is 245 g/mol. The van der Waals surface area contributed by atoms with Crippen LogP contribution in [0.15, 0.2) is 30.3 Å². The number of hydrogen-bond acceptors (Lipinski definition) is 3. The number of carbonyl (C=O) groups excluding carboxylic acids is 1. The van der Waals surface area contributed by atoms with Crippen molar-refractivity contribution in [2.24, 2.45) is 0 Å². The number of rotatable bonds is 1. The zero-order valence-electron chi connectivity index (χ0n) is 10.5. The molecule has 0 bridgehead atoms. The third-order valence-corrected chi connectivity index (χ3v) is 4.18. The van der Waals surface area contributed by atoms with Gasteiger partial charge in [-0.1, -0.05) is 30.3 Å². The SMILES string of the molecule is O=C1CCOC2(CCNCC2c2ccccc2)C1. The van der Waals surface area contributed by atoms with Gasteiger partial charge in [0.05, 0.1) is 12.2 Å². The average molecular weight is 245 g/mol. The molecule has 3 nitrogen and oxygen atoms in total. The first kappa shape index (κ1) is 11.9. The molecular weight excluding hydrogens is 226 g/mol. The Hall–Kier alpha value is -1.19. The minimum absolute atomic E-state index is 0.262. The van der Waals surface area contributed by atoms with Crippen molar-refractivity contribution in [2.45, 2.75) is 30.8 Å². The summed E-state index contributed by atoms with van der Waals surface area (Å²) < 4.78 is 6.08. The van der Waals surface area contributed by atoms with Gasteiger partial charge in [-0.2, -0.15) is 0 Å². The summed E-state index contributed by atoms with van der Waals surface area (Å²) in [4.78, 5) is 11.8. The van der Waals surface area contributed by atoms with Crippen molar-refractivity contribution in [1.82, 2.24) is 5.32 Å². The van der Waals surface area contributed by atoms with E-state index in [-0.39, 0.29) is 11.5 Å². The summed E-state index contributed by atoms with van der Waals surface area (Å²) in [6.45, 7) is 2.43. The van der Waals surface area contributed by atoms with Gasteiger partial charge in [-0.25, -0.2) is 0 Å². The first-order valence-corrected chi connectivity index (χ1v) is 6.71. The quantitative estimate of drug-likeness (QED) is 0.821. The van der Waals surface area contributed by atoms with Gasteiger partial charge in [-0.15, -0.1) is 0 Å². The van der Waals surface area contributed by atoms with E-state index in [2.05, 4.69) is 29.6 Å². The Morgan fingerprint density at radius 1 is 1.28 bits per heavy atom. The van der Waals surface area contributed by atoms with Crippen LogP contribution < -0.4 is 5.32 Å². The maximum Gasteiger partial charge on any atom is 0.138 e. The van der Waals surface area contributed by atoms with Crippen molar-refractivity contribution in [3.63, 3.8) is 0 Å². The zero-order valence-corrected chi connectivity index (χ0v) is 10.5. The summed E-state index contributed by atoms with van der Waals surface area (Å²) in [5.74, 6) is 0.640. The lowest BCUT2D eigenvalue weighted by atomic mass is 9.73. The molecule has 0 amide bonds. The van der Waals surface area contributed by atoms with Gasteiger partial charge in [-0.05, 0) is 18.5 Å². The van der Waals surface area contributed by atoms with Crippen molar-refractivity contribution < 1.29 is 9.53 Å². The van der Waals surface area contributed by atoms with E-state index in [0.29, 0.717) is 25.2 Å². The molecule has 3 heteroatoms. The van der Waals surface area contributed by atoms with Crippen molar-refractivity contribution in [2.75, 3.05) is 19.7 Å². The van der Waals surface area contributed by atoms with E-state index in [1.807, 2.05) is 6.07 Å². The minimum Gasteiger partial charge on any atom is -0.373 e. The smallest absolute Gasteiger partial charge is 0.138 e. The molecule has 18 heavy (non-hydrogen) atoms. The Morgan fingerprint density at radius 3 is 2.89 bits per heavy atom. The maximum absolute atomic E-state index is 11.8. The highest BCUT2D eigenvalue weighted by Crippen LogP contribution is 2.41. The maximum atomic E-state index is 11.8. The van der Waals surface area contributed by atoms with Crippen LogP contribution in [0.4, 0.5) is 0 Å². The highest BCUT2D eigenvalue weighted by Gasteiger charge is 2.45. The van der Waals surface area contributed by atoms with E-state index in [4.69, 9.17) is 4.74 Å². The third-order valence-electron chi connectivity index (χ3n) is 4.18. The highest BCUT2D eigenvalue weighted by molar-refractivity contribution is 5.80. The molecule has 96 valence electrons. The van der Waals surface area contributed by atoms with Crippen molar-refractivity contribution in [1.29, 1.82) is 0 Å². The molecule has 3 rings (SSSR count). The number of ketones is 1. The third kappa shape index (κ3) is 2.08. The topological polar surface area (TPSA) is 38.3 Å². The number of nitrogens with one attached hydrogen (secondary N) is 1. The van der Waals surface area contributed by atoms with E-state index in [9.17, 15) is 4.79 Å². The molecule has 2 atom stereocenters. The molecule has 2 unspecified atom stereocenters. The van der Waals surface area contributed by atoms with Gasteiger partial charge < -0.3 is 10.1 Å². The van der Waals surface area contributed by atoms with E-state index < -0.39 is 0 Å². The molecule has 0 aromatic heterocycles. The van der Waals surface area contributed by atoms with Crippen molar-refractivity contribution in [3.05, 3.63) is 35.9 Å². The first-order valence-electron chi connectivity index (χ1n) is 6.71. The molecule has 0 radical (unpaired) electrons. The molecule has 1 aromatic rings. The summed E-state index contributed by atoms with van der Waals surface area (Å²) in [6.07, 6.45) is 2.09. The molecule has 2 fully saturated rings. The van der Waals surface area contributed by atoms with Gasteiger partial charge in [0.1, 0.15) is 5.78 Å². The van der Waals surface area contributed by atoms with Gasteiger partial charge in [-0.3, -0.25) is 4.79 Å². The predicted molar refractivity (Wildman–Crippen MR) is 69.6 cm³/mol. The number of hydrogen-bond donors (Lipinski definition) is 1. The van der Waals surface area contributed by atoms with Crippen molar-refractivity contribution >= 4 is 5.78 Å². The van der Waals surface area contributed by atoms with Gasteiger partial charge in [0.2, 0.25) is 0 Å². The second kappa shape index (κ2) is 4.82. The fourth-order valence-corrected chi connectivity index (χ4v) is 3.24. The van der Waals surface area contributed by atoms with Crippen LogP contribution >= 0.6 is 0 Å².